The molecule has 2 aromatic carbocycles. The number of imide groups is 1. The third-order valence-electron chi connectivity index (χ3n) is 6.14. The number of ether oxygens (including phenoxy) is 1. The maximum Gasteiger partial charge on any atom is 0.322 e. The molecule has 10 nitrogen and oxygen atoms in total. The molecule has 1 atom stereocenters. The Balaban J connectivity index is 1.54. The van der Waals surface area contributed by atoms with E-state index in [-0.39, 0.29) is 12.4 Å². The lowest BCUT2D eigenvalue weighted by Gasteiger charge is -2.27. The van der Waals surface area contributed by atoms with Crippen LogP contribution in [-0.4, -0.2) is 39.6 Å². The quantitative estimate of drug-likeness (QED) is 0.317. The number of pyridine rings is 1. The van der Waals surface area contributed by atoms with E-state index in [4.69, 9.17) is 10.5 Å². The molecule has 0 saturated carbocycles. The van der Waals surface area contributed by atoms with Crippen LogP contribution in [0.25, 0.3) is 22.0 Å². The molecule has 1 saturated heterocycles. The zero-order chi connectivity index (χ0) is 24.7. The summed E-state index contributed by atoms with van der Waals surface area (Å²) in [5, 5.41) is 17.2. The molecule has 176 valence electrons. The van der Waals surface area contributed by atoms with Crippen LogP contribution >= 0.6 is 0 Å². The van der Waals surface area contributed by atoms with Crippen molar-refractivity contribution in [2.75, 3.05) is 7.11 Å². The lowest BCUT2D eigenvalue weighted by molar-refractivity contribution is -0.124. The second-order valence-electron chi connectivity index (χ2n) is 8.22. The summed E-state index contributed by atoms with van der Waals surface area (Å²) in [6.45, 7) is -0.0534. The summed E-state index contributed by atoms with van der Waals surface area (Å²) in [5.41, 5.74) is 5.95. The number of methoxy groups -OCH3 is 1. The van der Waals surface area contributed by atoms with E-state index < -0.39 is 23.4 Å². The molecule has 4 aromatic rings. The summed E-state index contributed by atoms with van der Waals surface area (Å²) >= 11 is 0. The van der Waals surface area contributed by atoms with Gasteiger partial charge in [0, 0.05) is 34.3 Å². The average molecular weight is 471 g/mol. The lowest BCUT2D eigenvalue weighted by atomic mass is 9.88. The van der Waals surface area contributed by atoms with Gasteiger partial charge in [0.25, 0.3) is 5.91 Å². The molecule has 35 heavy (non-hydrogen) atoms. The van der Waals surface area contributed by atoms with E-state index in [0.717, 1.165) is 5.39 Å². The minimum absolute atomic E-state index is 0.0534. The van der Waals surface area contributed by atoms with E-state index in [1.54, 1.807) is 54.7 Å². The van der Waals surface area contributed by atoms with Crippen molar-refractivity contribution < 1.29 is 24.2 Å². The summed E-state index contributed by atoms with van der Waals surface area (Å²) in [5.74, 6) is -0.585. The highest BCUT2D eigenvalue weighted by Crippen LogP contribution is 2.35. The molecule has 0 aliphatic carbocycles. The summed E-state index contributed by atoms with van der Waals surface area (Å²) in [7, 11) is 1.53. The SMILES string of the molecule is COc1ccc2cn(C[C@@]3(c4ccc(-c5cc(C(N)=O)ccn5)cc4)NC(=O)NC3=O)c(O)c2c1. The molecule has 0 radical (unpaired) electrons. The van der Waals surface area contributed by atoms with Gasteiger partial charge in [0.1, 0.15) is 5.75 Å². The van der Waals surface area contributed by atoms with Crippen molar-refractivity contribution in [2.24, 2.45) is 5.73 Å². The highest BCUT2D eigenvalue weighted by molar-refractivity contribution is 6.07. The van der Waals surface area contributed by atoms with Crippen LogP contribution in [0.5, 0.6) is 11.6 Å². The maximum atomic E-state index is 13.0. The first-order valence-electron chi connectivity index (χ1n) is 10.7. The fraction of sp³-hybridized carbons (Fsp3) is 0.120. The van der Waals surface area contributed by atoms with Crippen LogP contribution in [-0.2, 0) is 16.9 Å². The van der Waals surface area contributed by atoms with Crippen molar-refractivity contribution in [3.8, 4) is 22.9 Å². The Kier molecular flexibility index (Phi) is 5.13. The van der Waals surface area contributed by atoms with Gasteiger partial charge in [0.15, 0.2) is 11.4 Å². The van der Waals surface area contributed by atoms with Crippen molar-refractivity contribution >= 4 is 28.6 Å². The van der Waals surface area contributed by atoms with Crippen molar-refractivity contribution in [3.05, 3.63) is 78.1 Å². The molecule has 1 fully saturated rings. The second kappa shape index (κ2) is 8.17. The van der Waals surface area contributed by atoms with Crippen molar-refractivity contribution in [3.63, 3.8) is 0 Å². The smallest absolute Gasteiger partial charge is 0.322 e. The molecule has 0 bridgehead atoms. The summed E-state index contributed by atoms with van der Waals surface area (Å²) < 4.78 is 6.75. The first-order chi connectivity index (χ1) is 16.8. The third-order valence-corrected chi connectivity index (χ3v) is 6.14. The van der Waals surface area contributed by atoms with Gasteiger partial charge in [-0.3, -0.25) is 19.9 Å². The molecular weight excluding hydrogens is 450 g/mol. The summed E-state index contributed by atoms with van der Waals surface area (Å²) in [6, 6.07) is 14.6. The van der Waals surface area contributed by atoms with Gasteiger partial charge in [-0.05, 0) is 35.9 Å². The predicted molar refractivity (Wildman–Crippen MR) is 127 cm³/mol. The van der Waals surface area contributed by atoms with Crippen molar-refractivity contribution in [2.45, 2.75) is 12.1 Å². The second-order valence-corrected chi connectivity index (χ2v) is 8.22. The van der Waals surface area contributed by atoms with Gasteiger partial charge in [0.2, 0.25) is 5.91 Å². The van der Waals surface area contributed by atoms with E-state index in [0.29, 0.717) is 33.5 Å². The molecule has 1 aliphatic rings. The zero-order valence-corrected chi connectivity index (χ0v) is 18.6. The number of carbonyl (C=O) groups excluding carboxylic acids is 3. The number of nitrogens with two attached hydrogens (primary N) is 1. The zero-order valence-electron chi connectivity index (χ0n) is 18.6. The normalized spacial score (nSPS) is 17.3. The first kappa shape index (κ1) is 22.0. The van der Waals surface area contributed by atoms with Crippen LogP contribution < -0.4 is 21.1 Å². The Morgan fingerprint density at radius 3 is 2.57 bits per heavy atom. The molecule has 1 aliphatic heterocycles. The number of nitrogens with one attached hydrogen (secondary N) is 2. The van der Waals surface area contributed by atoms with Gasteiger partial charge in [-0.25, -0.2) is 4.79 Å². The lowest BCUT2D eigenvalue weighted by Crippen LogP contribution is -2.47. The molecule has 5 N–H and O–H groups in total. The molecule has 4 amide bonds. The number of hydrogen-bond donors (Lipinski definition) is 4. The largest absolute Gasteiger partial charge is 0.497 e. The van der Waals surface area contributed by atoms with Gasteiger partial charge in [-0.15, -0.1) is 0 Å². The highest BCUT2D eigenvalue weighted by atomic mass is 16.5. The monoisotopic (exact) mass is 471 g/mol. The standard InChI is InChI=1S/C25H21N5O5/c1-35-18-7-4-16-12-30(22(32)19(16)11-18)13-25(23(33)28-24(34)29-25)17-5-2-14(3-6-17)20-10-15(21(26)31)8-9-27-20/h2-12,32H,13H2,1H3,(H2,26,31)(H2,28,29,33,34)/t25-/m0/s1. The number of fused-ring (bicyclic) bond motifs is 1. The predicted octanol–water partition coefficient (Wildman–Crippen LogP) is 2.25. The van der Waals surface area contributed by atoms with Gasteiger partial charge in [-0.2, -0.15) is 0 Å². The van der Waals surface area contributed by atoms with E-state index in [1.807, 2.05) is 0 Å². The van der Waals surface area contributed by atoms with E-state index in [1.165, 1.54) is 23.9 Å². The molecule has 0 spiro atoms. The molecule has 10 heteroatoms. The number of rotatable bonds is 6. The minimum Gasteiger partial charge on any atom is -0.497 e. The number of aromatic hydroxyl groups is 1. The number of hydrogen-bond acceptors (Lipinski definition) is 6. The topological polar surface area (TPSA) is 149 Å². The molecule has 2 aromatic heterocycles. The summed E-state index contributed by atoms with van der Waals surface area (Å²) in [6.07, 6.45) is 3.20. The van der Waals surface area contributed by atoms with Crippen LogP contribution in [0.4, 0.5) is 4.79 Å². The number of urea groups is 1. The Labute approximate surface area is 199 Å². The van der Waals surface area contributed by atoms with E-state index in [2.05, 4.69) is 15.6 Å². The molecular formula is C25H21N5O5. The Morgan fingerprint density at radius 2 is 1.91 bits per heavy atom. The number of primary amides is 1. The number of nitrogens with zero attached hydrogens (tertiary/aromatic N) is 2. The minimum atomic E-state index is -1.46. The number of carbonyl (C=O) groups is 3. The van der Waals surface area contributed by atoms with E-state index in [9.17, 15) is 19.5 Å². The molecule has 3 heterocycles. The first-order valence-corrected chi connectivity index (χ1v) is 10.7. The number of aromatic nitrogens is 2. The maximum absolute atomic E-state index is 13.0. The molecule has 5 rings (SSSR count). The fourth-order valence-corrected chi connectivity index (χ4v) is 4.29. The van der Waals surface area contributed by atoms with Gasteiger partial charge in [-0.1, -0.05) is 24.3 Å². The van der Waals surface area contributed by atoms with Crippen LogP contribution in [0.15, 0.2) is 67.0 Å². The average Bonchev–Trinajstić information content (AvgIpc) is 3.33. The Bertz CT molecular complexity index is 1490. The van der Waals surface area contributed by atoms with Gasteiger partial charge in [0.05, 0.1) is 19.3 Å². The van der Waals surface area contributed by atoms with Crippen LogP contribution in [0, 0.1) is 0 Å². The third kappa shape index (κ3) is 3.70. The van der Waals surface area contributed by atoms with Gasteiger partial charge >= 0.3 is 6.03 Å². The van der Waals surface area contributed by atoms with E-state index >= 15 is 0 Å². The number of benzene rings is 2. The Hall–Kier alpha value is -4.86. The molecule has 0 unspecified atom stereocenters. The van der Waals surface area contributed by atoms with Crippen molar-refractivity contribution in [1.82, 2.24) is 20.2 Å². The number of amides is 4. The van der Waals surface area contributed by atoms with Gasteiger partial charge < -0.3 is 25.5 Å². The van der Waals surface area contributed by atoms with Crippen LogP contribution in [0.3, 0.4) is 0 Å². The van der Waals surface area contributed by atoms with Crippen molar-refractivity contribution in [1.29, 1.82) is 0 Å². The highest BCUT2D eigenvalue weighted by Gasteiger charge is 2.48. The summed E-state index contributed by atoms with van der Waals surface area (Å²) in [4.78, 5) is 41.0. The Morgan fingerprint density at radius 1 is 1.14 bits per heavy atom. The van der Waals surface area contributed by atoms with Crippen LogP contribution in [0.1, 0.15) is 15.9 Å². The fourth-order valence-electron chi connectivity index (χ4n) is 4.29. The van der Waals surface area contributed by atoms with Crippen LogP contribution in [0.2, 0.25) is 0 Å².